The van der Waals surface area contributed by atoms with Crippen LogP contribution >= 0.6 is 0 Å². The van der Waals surface area contributed by atoms with E-state index in [1.807, 2.05) is 6.92 Å². The van der Waals surface area contributed by atoms with Crippen LogP contribution in [0.4, 0.5) is 17.8 Å². The predicted molar refractivity (Wildman–Crippen MR) is 70.7 cm³/mol. The second-order valence-electron chi connectivity index (χ2n) is 3.48. The first-order valence-electron chi connectivity index (χ1n) is 5.85. The fraction of sp³-hybridized carbons (Fsp3) is 0.545. The fourth-order valence-corrected chi connectivity index (χ4v) is 1.15. The molecule has 0 aliphatic heterocycles. The minimum absolute atomic E-state index is 0.186. The lowest BCUT2D eigenvalue weighted by Gasteiger charge is -2.14. The fourth-order valence-electron chi connectivity index (χ4n) is 1.15. The third kappa shape index (κ3) is 4.07. The molecule has 0 saturated carbocycles. The number of nitrogens with zero attached hydrogens (tertiary/aromatic N) is 4. The molecule has 0 atom stereocenters. The standard InChI is InChI=1S/C11H18N6O/c1-4-7-12-9-14-10(13-8-5-2)16-11(15-9)17(18)6-3/h1,18H,5-8H2,2-3H3,(H2,12,13,14,15,16). The molecule has 7 nitrogen and oxygen atoms in total. The molecular weight excluding hydrogens is 232 g/mol. The molecule has 0 bridgehead atoms. The molecule has 0 aromatic carbocycles. The summed E-state index contributed by atoms with van der Waals surface area (Å²) in [5.41, 5.74) is 0. The third-order valence-corrected chi connectivity index (χ3v) is 2.04. The molecule has 1 aromatic rings. The number of hydrogen-bond donors (Lipinski definition) is 3. The van der Waals surface area contributed by atoms with Crippen molar-refractivity contribution in [3.05, 3.63) is 0 Å². The Labute approximate surface area is 107 Å². The Hall–Kier alpha value is -2.07. The van der Waals surface area contributed by atoms with E-state index in [1.54, 1.807) is 6.92 Å². The minimum atomic E-state index is 0.186. The van der Waals surface area contributed by atoms with E-state index in [4.69, 9.17) is 6.42 Å². The zero-order valence-corrected chi connectivity index (χ0v) is 10.6. The summed E-state index contributed by atoms with van der Waals surface area (Å²) in [5.74, 6) is 3.37. The summed E-state index contributed by atoms with van der Waals surface area (Å²) >= 11 is 0. The highest BCUT2D eigenvalue weighted by Crippen LogP contribution is 2.11. The largest absolute Gasteiger partial charge is 0.354 e. The molecular formula is C11H18N6O. The van der Waals surface area contributed by atoms with Crippen LogP contribution in [-0.4, -0.2) is 39.8 Å². The highest BCUT2D eigenvalue weighted by molar-refractivity contribution is 5.42. The molecule has 0 amide bonds. The quantitative estimate of drug-likeness (QED) is 0.490. The first-order valence-corrected chi connectivity index (χ1v) is 5.85. The molecule has 0 aliphatic carbocycles. The molecule has 0 saturated heterocycles. The van der Waals surface area contributed by atoms with Crippen molar-refractivity contribution in [2.24, 2.45) is 0 Å². The highest BCUT2D eigenvalue weighted by Gasteiger charge is 2.09. The minimum Gasteiger partial charge on any atom is -0.354 e. The van der Waals surface area contributed by atoms with Gasteiger partial charge in [-0.1, -0.05) is 12.8 Å². The number of nitrogens with one attached hydrogen (secondary N) is 2. The van der Waals surface area contributed by atoms with E-state index in [0.717, 1.165) is 18.0 Å². The van der Waals surface area contributed by atoms with Crippen molar-refractivity contribution in [3.63, 3.8) is 0 Å². The molecule has 0 unspecified atom stereocenters. The van der Waals surface area contributed by atoms with Crippen LogP contribution in [0.15, 0.2) is 0 Å². The van der Waals surface area contributed by atoms with Gasteiger partial charge in [0.1, 0.15) is 0 Å². The van der Waals surface area contributed by atoms with Gasteiger partial charge in [-0.15, -0.1) is 6.42 Å². The zero-order chi connectivity index (χ0) is 13.4. The van der Waals surface area contributed by atoms with E-state index in [-0.39, 0.29) is 5.95 Å². The van der Waals surface area contributed by atoms with Crippen LogP contribution in [0.5, 0.6) is 0 Å². The van der Waals surface area contributed by atoms with Crippen LogP contribution in [0.3, 0.4) is 0 Å². The molecule has 0 radical (unpaired) electrons. The van der Waals surface area contributed by atoms with Crippen molar-refractivity contribution in [1.29, 1.82) is 0 Å². The Balaban J connectivity index is 2.92. The average molecular weight is 250 g/mol. The highest BCUT2D eigenvalue weighted by atomic mass is 16.5. The van der Waals surface area contributed by atoms with E-state index in [9.17, 15) is 5.21 Å². The van der Waals surface area contributed by atoms with Crippen molar-refractivity contribution in [3.8, 4) is 12.3 Å². The van der Waals surface area contributed by atoms with Gasteiger partial charge in [0.15, 0.2) is 0 Å². The zero-order valence-electron chi connectivity index (χ0n) is 10.6. The summed E-state index contributed by atoms with van der Waals surface area (Å²) in [7, 11) is 0. The molecule has 7 heteroatoms. The number of hydrogen-bond acceptors (Lipinski definition) is 7. The summed E-state index contributed by atoms with van der Waals surface area (Å²) in [6.07, 6.45) is 6.11. The number of rotatable bonds is 7. The molecule has 1 rings (SSSR count). The summed E-state index contributed by atoms with van der Waals surface area (Å²) < 4.78 is 0. The van der Waals surface area contributed by atoms with Crippen LogP contribution in [0.2, 0.25) is 0 Å². The smallest absolute Gasteiger partial charge is 0.256 e. The van der Waals surface area contributed by atoms with Gasteiger partial charge in [0, 0.05) is 13.1 Å². The van der Waals surface area contributed by atoms with Gasteiger partial charge in [-0.25, -0.2) is 5.06 Å². The molecule has 3 N–H and O–H groups in total. The van der Waals surface area contributed by atoms with Gasteiger partial charge in [0.2, 0.25) is 11.9 Å². The van der Waals surface area contributed by atoms with E-state index in [1.165, 1.54) is 0 Å². The van der Waals surface area contributed by atoms with Gasteiger partial charge in [-0.2, -0.15) is 15.0 Å². The maximum Gasteiger partial charge on any atom is 0.256 e. The topological polar surface area (TPSA) is 86.2 Å². The second kappa shape index (κ2) is 7.29. The number of aromatic nitrogens is 3. The van der Waals surface area contributed by atoms with Crippen LogP contribution in [0.25, 0.3) is 0 Å². The maximum absolute atomic E-state index is 9.61. The Bertz CT molecular complexity index is 416. The molecule has 98 valence electrons. The Morgan fingerprint density at radius 1 is 1.22 bits per heavy atom. The number of anilines is 3. The molecule has 1 aromatic heterocycles. The number of terminal acetylenes is 1. The van der Waals surface area contributed by atoms with Crippen molar-refractivity contribution in [1.82, 2.24) is 15.0 Å². The van der Waals surface area contributed by atoms with Crippen molar-refractivity contribution >= 4 is 17.8 Å². The predicted octanol–water partition coefficient (Wildman–Crippen LogP) is 0.954. The van der Waals surface area contributed by atoms with E-state index in [0.29, 0.717) is 25.0 Å². The monoisotopic (exact) mass is 250 g/mol. The second-order valence-corrected chi connectivity index (χ2v) is 3.48. The lowest BCUT2D eigenvalue weighted by molar-refractivity contribution is 0.253. The van der Waals surface area contributed by atoms with Gasteiger partial charge in [0.25, 0.3) is 5.95 Å². The summed E-state index contributed by atoms with van der Waals surface area (Å²) in [4.78, 5) is 12.3. The summed E-state index contributed by atoms with van der Waals surface area (Å²) in [5, 5.41) is 16.5. The Morgan fingerprint density at radius 2 is 1.89 bits per heavy atom. The molecule has 1 heterocycles. The molecule has 0 fully saturated rings. The van der Waals surface area contributed by atoms with Gasteiger partial charge < -0.3 is 10.6 Å². The molecule has 0 aliphatic rings. The van der Waals surface area contributed by atoms with E-state index >= 15 is 0 Å². The SMILES string of the molecule is C#CCNc1nc(NCCC)nc(N(O)CC)n1. The van der Waals surface area contributed by atoms with Crippen molar-refractivity contribution in [2.45, 2.75) is 20.3 Å². The van der Waals surface area contributed by atoms with E-state index < -0.39 is 0 Å². The van der Waals surface area contributed by atoms with Crippen LogP contribution in [-0.2, 0) is 0 Å². The normalized spacial score (nSPS) is 9.67. The maximum atomic E-state index is 9.61. The van der Waals surface area contributed by atoms with Gasteiger partial charge >= 0.3 is 0 Å². The number of hydroxylamine groups is 1. The van der Waals surface area contributed by atoms with Gasteiger partial charge in [-0.3, -0.25) is 5.21 Å². The molecule has 18 heavy (non-hydrogen) atoms. The van der Waals surface area contributed by atoms with Crippen molar-refractivity contribution in [2.75, 3.05) is 35.3 Å². The molecule has 0 spiro atoms. The Kier molecular flexibility index (Phi) is 5.67. The lowest BCUT2D eigenvalue weighted by Crippen LogP contribution is -2.22. The van der Waals surface area contributed by atoms with Crippen LogP contribution in [0.1, 0.15) is 20.3 Å². The average Bonchev–Trinajstić information content (AvgIpc) is 2.41. The third-order valence-electron chi connectivity index (χ3n) is 2.04. The first-order chi connectivity index (χ1) is 8.71. The van der Waals surface area contributed by atoms with E-state index in [2.05, 4.69) is 31.5 Å². The summed E-state index contributed by atoms with van der Waals surface area (Å²) in [6, 6.07) is 0. The van der Waals surface area contributed by atoms with Crippen LogP contribution < -0.4 is 15.7 Å². The van der Waals surface area contributed by atoms with Crippen molar-refractivity contribution < 1.29 is 5.21 Å². The van der Waals surface area contributed by atoms with Gasteiger partial charge in [-0.05, 0) is 13.3 Å². The van der Waals surface area contributed by atoms with Crippen LogP contribution in [0, 0.1) is 12.3 Å². The van der Waals surface area contributed by atoms with Gasteiger partial charge in [0.05, 0.1) is 6.54 Å². The summed E-state index contributed by atoms with van der Waals surface area (Å²) in [6.45, 7) is 5.27. The Morgan fingerprint density at radius 3 is 2.44 bits per heavy atom. The lowest BCUT2D eigenvalue weighted by atomic mass is 10.5. The first kappa shape index (κ1) is 14.0.